The highest BCUT2D eigenvalue weighted by Gasteiger charge is 2.22. The quantitative estimate of drug-likeness (QED) is 0.569. The summed E-state index contributed by atoms with van der Waals surface area (Å²) in [7, 11) is 0. The summed E-state index contributed by atoms with van der Waals surface area (Å²) in [6.07, 6.45) is 0.656. The highest BCUT2D eigenvalue weighted by Crippen LogP contribution is 2.09. The third-order valence-electron chi connectivity index (χ3n) is 3.67. The maximum Gasteiger partial charge on any atom is 0.320 e. The Balaban J connectivity index is 2.45. The predicted octanol–water partition coefficient (Wildman–Crippen LogP) is 0.910. The maximum atomic E-state index is 12.1. The molecule has 0 aliphatic rings. The van der Waals surface area contributed by atoms with E-state index in [1.807, 2.05) is 12.1 Å². The van der Waals surface area contributed by atoms with Crippen molar-refractivity contribution in [2.24, 2.45) is 0 Å². The van der Waals surface area contributed by atoms with Gasteiger partial charge in [-0.1, -0.05) is 23.7 Å². The Morgan fingerprint density at radius 1 is 1.16 bits per heavy atom. The third kappa shape index (κ3) is 8.51. The minimum Gasteiger partial charge on any atom is -0.480 e. The molecule has 1 aromatic carbocycles. The summed E-state index contributed by atoms with van der Waals surface area (Å²) < 4.78 is 0. The van der Waals surface area contributed by atoms with Crippen molar-refractivity contribution in [1.82, 2.24) is 15.5 Å². The van der Waals surface area contributed by atoms with Gasteiger partial charge in [-0.25, -0.2) is 0 Å². The molecule has 0 heterocycles. The number of carbonyl (C=O) groups is 3. The third-order valence-corrected chi connectivity index (χ3v) is 3.93. The number of carboxylic acid groups (broad SMARTS) is 1. The first-order chi connectivity index (χ1) is 11.8. The average Bonchev–Trinajstić information content (AvgIpc) is 2.54. The molecule has 0 saturated carbocycles. The van der Waals surface area contributed by atoms with Crippen LogP contribution in [-0.4, -0.2) is 60.0 Å². The normalized spacial score (nSPS) is 11.8. The summed E-state index contributed by atoms with van der Waals surface area (Å²) in [4.78, 5) is 35.7. The molecule has 1 unspecified atom stereocenters. The van der Waals surface area contributed by atoms with Gasteiger partial charge < -0.3 is 15.7 Å². The highest BCUT2D eigenvalue weighted by atomic mass is 35.5. The number of halogens is 1. The molecule has 0 aliphatic carbocycles. The van der Waals surface area contributed by atoms with Crippen molar-refractivity contribution >= 4 is 29.4 Å². The molecular weight excluding hydrogens is 346 g/mol. The zero-order chi connectivity index (χ0) is 18.8. The standard InChI is InChI=1S/C17H24ClN3O4/c1-12(17(24)25)21(10-9-19-13(2)22)11-16(23)20-8-7-14-3-5-15(18)6-4-14/h3-6,12H,7-11H2,1-2H3,(H,19,22)(H,20,23)(H,24,25). The molecule has 0 spiro atoms. The van der Waals surface area contributed by atoms with E-state index in [0.717, 1.165) is 5.56 Å². The fourth-order valence-electron chi connectivity index (χ4n) is 2.18. The van der Waals surface area contributed by atoms with Gasteiger partial charge in [0.2, 0.25) is 11.8 Å². The van der Waals surface area contributed by atoms with Crippen molar-refractivity contribution in [3.8, 4) is 0 Å². The van der Waals surface area contributed by atoms with Crippen molar-refractivity contribution in [2.75, 3.05) is 26.2 Å². The Bertz CT molecular complexity index is 592. The summed E-state index contributed by atoms with van der Waals surface area (Å²) in [5.74, 6) is -1.47. The van der Waals surface area contributed by atoms with E-state index in [-0.39, 0.29) is 31.4 Å². The van der Waals surface area contributed by atoms with E-state index in [4.69, 9.17) is 16.7 Å². The Kier molecular flexibility index (Phi) is 8.94. The molecule has 0 aliphatic heterocycles. The molecule has 0 saturated heterocycles. The zero-order valence-electron chi connectivity index (χ0n) is 14.4. The molecule has 2 amide bonds. The van der Waals surface area contributed by atoms with E-state index >= 15 is 0 Å². The van der Waals surface area contributed by atoms with Crippen LogP contribution in [0.15, 0.2) is 24.3 Å². The zero-order valence-corrected chi connectivity index (χ0v) is 15.2. The van der Waals surface area contributed by atoms with Gasteiger partial charge in [0, 0.05) is 31.6 Å². The largest absolute Gasteiger partial charge is 0.480 e. The van der Waals surface area contributed by atoms with Crippen LogP contribution in [0.2, 0.25) is 5.02 Å². The molecule has 3 N–H and O–H groups in total. The van der Waals surface area contributed by atoms with Gasteiger partial charge in [-0.2, -0.15) is 0 Å². The molecule has 0 fully saturated rings. The smallest absolute Gasteiger partial charge is 0.320 e. The fourth-order valence-corrected chi connectivity index (χ4v) is 2.31. The molecule has 1 rings (SSSR count). The first kappa shape index (κ1) is 20.9. The van der Waals surface area contributed by atoms with Gasteiger partial charge in [-0.15, -0.1) is 0 Å². The van der Waals surface area contributed by atoms with Crippen LogP contribution in [0.4, 0.5) is 0 Å². The second-order valence-electron chi connectivity index (χ2n) is 5.69. The molecule has 0 radical (unpaired) electrons. The minimum atomic E-state index is -1.02. The van der Waals surface area contributed by atoms with E-state index in [0.29, 0.717) is 18.0 Å². The van der Waals surface area contributed by atoms with E-state index in [1.54, 1.807) is 12.1 Å². The van der Waals surface area contributed by atoms with Gasteiger partial charge in [0.05, 0.1) is 6.54 Å². The van der Waals surface area contributed by atoms with Crippen LogP contribution in [0.25, 0.3) is 0 Å². The molecule has 138 valence electrons. The summed E-state index contributed by atoms with van der Waals surface area (Å²) in [5.41, 5.74) is 1.05. The summed E-state index contributed by atoms with van der Waals surface area (Å²) in [5, 5.41) is 15.2. The minimum absolute atomic E-state index is 0.0479. The number of carboxylic acids is 1. The Morgan fingerprint density at radius 3 is 2.36 bits per heavy atom. The van der Waals surface area contributed by atoms with Crippen LogP contribution < -0.4 is 10.6 Å². The number of nitrogens with zero attached hydrogens (tertiary/aromatic N) is 1. The van der Waals surface area contributed by atoms with Gasteiger partial charge in [-0.3, -0.25) is 19.3 Å². The molecular formula is C17H24ClN3O4. The van der Waals surface area contributed by atoms with E-state index in [9.17, 15) is 14.4 Å². The van der Waals surface area contributed by atoms with Crippen molar-refractivity contribution in [1.29, 1.82) is 0 Å². The van der Waals surface area contributed by atoms with Gasteiger partial charge in [0.1, 0.15) is 6.04 Å². The number of hydrogen-bond acceptors (Lipinski definition) is 4. The van der Waals surface area contributed by atoms with Crippen LogP contribution in [0, 0.1) is 0 Å². The topological polar surface area (TPSA) is 98.7 Å². The van der Waals surface area contributed by atoms with Crippen molar-refractivity contribution < 1.29 is 19.5 Å². The van der Waals surface area contributed by atoms with Crippen LogP contribution >= 0.6 is 11.6 Å². The van der Waals surface area contributed by atoms with E-state index < -0.39 is 12.0 Å². The average molecular weight is 370 g/mol. The lowest BCUT2D eigenvalue weighted by molar-refractivity contribution is -0.143. The molecule has 1 aromatic rings. The number of nitrogens with one attached hydrogen (secondary N) is 2. The second kappa shape index (κ2) is 10.7. The van der Waals surface area contributed by atoms with Crippen LogP contribution in [-0.2, 0) is 20.8 Å². The number of hydrogen-bond donors (Lipinski definition) is 3. The second-order valence-corrected chi connectivity index (χ2v) is 6.13. The molecule has 7 nitrogen and oxygen atoms in total. The maximum absolute atomic E-state index is 12.1. The predicted molar refractivity (Wildman–Crippen MR) is 95.5 cm³/mol. The van der Waals surface area contributed by atoms with E-state index in [1.165, 1.54) is 18.7 Å². The lowest BCUT2D eigenvalue weighted by atomic mass is 10.1. The lowest BCUT2D eigenvalue weighted by Gasteiger charge is -2.25. The highest BCUT2D eigenvalue weighted by molar-refractivity contribution is 6.30. The van der Waals surface area contributed by atoms with Crippen molar-refractivity contribution in [3.63, 3.8) is 0 Å². The van der Waals surface area contributed by atoms with Gasteiger partial charge in [-0.05, 0) is 31.0 Å². The Labute approximate surface area is 152 Å². The Morgan fingerprint density at radius 2 is 1.80 bits per heavy atom. The molecule has 0 aromatic heterocycles. The first-order valence-corrected chi connectivity index (χ1v) is 8.40. The van der Waals surface area contributed by atoms with Crippen molar-refractivity contribution in [3.05, 3.63) is 34.9 Å². The first-order valence-electron chi connectivity index (χ1n) is 8.02. The van der Waals surface area contributed by atoms with Gasteiger partial charge in [0.25, 0.3) is 0 Å². The summed E-state index contributed by atoms with van der Waals surface area (Å²) in [6, 6.07) is 6.53. The number of amides is 2. The molecule has 25 heavy (non-hydrogen) atoms. The van der Waals surface area contributed by atoms with E-state index in [2.05, 4.69) is 10.6 Å². The molecule has 0 bridgehead atoms. The Hall–Kier alpha value is -2.12. The lowest BCUT2D eigenvalue weighted by Crippen LogP contribution is -2.48. The molecule has 1 atom stereocenters. The number of aliphatic carboxylic acids is 1. The monoisotopic (exact) mass is 369 g/mol. The SMILES string of the molecule is CC(=O)NCCN(CC(=O)NCCc1ccc(Cl)cc1)C(C)C(=O)O. The van der Waals surface area contributed by atoms with Gasteiger partial charge in [0.15, 0.2) is 0 Å². The van der Waals surface area contributed by atoms with Gasteiger partial charge >= 0.3 is 5.97 Å². The summed E-state index contributed by atoms with van der Waals surface area (Å²) in [6.45, 7) is 3.85. The van der Waals surface area contributed by atoms with Crippen molar-refractivity contribution in [2.45, 2.75) is 26.3 Å². The van der Waals surface area contributed by atoms with Crippen LogP contribution in [0.5, 0.6) is 0 Å². The number of benzene rings is 1. The molecule has 8 heteroatoms. The van der Waals surface area contributed by atoms with Crippen LogP contribution in [0.1, 0.15) is 19.4 Å². The van der Waals surface area contributed by atoms with Crippen LogP contribution in [0.3, 0.4) is 0 Å². The summed E-state index contributed by atoms with van der Waals surface area (Å²) >= 11 is 5.82. The number of rotatable bonds is 10. The fraction of sp³-hybridized carbons (Fsp3) is 0.471. The number of carbonyl (C=O) groups excluding carboxylic acids is 2.